The molecule has 5 nitrogen and oxygen atoms in total. The van der Waals surface area contributed by atoms with E-state index in [-0.39, 0.29) is 18.1 Å². The van der Waals surface area contributed by atoms with E-state index >= 15 is 0 Å². The third-order valence-electron chi connectivity index (χ3n) is 4.26. The first-order chi connectivity index (χ1) is 9.56. The molecular weight excluding hydrogens is 258 g/mol. The van der Waals surface area contributed by atoms with Crippen LogP contribution in [-0.4, -0.2) is 29.3 Å². The SMILES string of the molecule is O=C(O)Cc1ccc([C@H]2CC[C@]3(COC(=O)N3)C2)cc1. The van der Waals surface area contributed by atoms with Crippen molar-refractivity contribution >= 4 is 12.1 Å². The first-order valence-corrected chi connectivity index (χ1v) is 6.82. The van der Waals surface area contributed by atoms with Crippen LogP contribution < -0.4 is 5.32 Å². The Bertz CT molecular complexity index is 539. The quantitative estimate of drug-likeness (QED) is 0.885. The summed E-state index contributed by atoms with van der Waals surface area (Å²) in [6, 6.07) is 7.75. The molecule has 1 aromatic rings. The highest BCUT2D eigenvalue weighted by Crippen LogP contribution is 2.42. The Morgan fingerprint density at radius 3 is 2.75 bits per heavy atom. The van der Waals surface area contributed by atoms with E-state index in [1.165, 1.54) is 5.56 Å². The largest absolute Gasteiger partial charge is 0.481 e. The van der Waals surface area contributed by atoms with Crippen molar-refractivity contribution in [2.45, 2.75) is 37.1 Å². The van der Waals surface area contributed by atoms with Gasteiger partial charge in [0.15, 0.2) is 0 Å². The third kappa shape index (κ3) is 2.48. The Kier molecular flexibility index (Phi) is 3.12. The molecule has 1 heterocycles. The van der Waals surface area contributed by atoms with Gasteiger partial charge < -0.3 is 15.2 Å². The second-order valence-corrected chi connectivity index (χ2v) is 5.73. The van der Waals surface area contributed by atoms with E-state index < -0.39 is 5.97 Å². The predicted molar refractivity (Wildman–Crippen MR) is 71.6 cm³/mol. The maximum absolute atomic E-state index is 11.2. The van der Waals surface area contributed by atoms with Gasteiger partial charge in [0.2, 0.25) is 0 Å². The van der Waals surface area contributed by atoms with Gasteiger partial charge >= 0.3 is 12.1 Å². The highest BCUT2D eigenvalue weighted by Gasteiger charge is 2.45. The number of rotatable bonds is 3. The number of hydrogen-bond donors (Lipinski definition) is 2. The minimum absolute atomic E-state index is 0.0543. The van der Waals surface area contributed by atoms with Crippen molar-refractivity contribution in [3.05, 3.63) is 35.4 Å². The molecule has 1 amide bonds. The number of cyclic esters (lactones) is 1. The van der Waals surface area contributed by atoms with E-state index in [2.05, 4.69) is 5.32 Å². The molecule has 106 valence electrons. The number of amides is 1. The zero-order chi connectivity index (χ0) is 14.2. The number of alkyl carbamates (subject to hydrolysis) is 1. The van der Waals surface area contributed by atoms with Crippen LogP contribution in [0.1, 0.15) is 36.3 Å². The lowest BCUT2D eigenvalue weighted by Crippen LogP contribution is -2.40. The number of nitrogens with one attached hydrogen (secondary N) is 1. The highest BCUT2D eigenvalue weighted by molar-refractivity contribution is 5.71. The maximum atomic E-state index is 11.2. The topological polar surface area (TPSA) is 75.6 Å². The normalized spacial score (nSPS) is 28.4. The molecule has 3 rings (SSSR count). The zero-order valence-electron chi connectivity index (χ0n) is 11.1. The monoisotopic (exact) mass is 275 g/mol. The van der Waals surface area contributed by atoms with E-state index in [4.69, 9.17) is 9.84 Å². The van der Waals surface area contributed by atoms with Gasteiger partial charge in [-0.3, -0.25) is 4.79 Å². The first-order valence-electron chi connectivity index (χ1n) is 6.82. The van der Waals surface area contributed by atoms with Gasteiger partial charge in [0.05, 0.1) is 12.0 Å². The van der Waals surface area contributed by atoms with Gasteiger partial charge in [-0.05, 0) is 36.3 Å². The van der Waals surface area contributed by atoms with Gasteiger partial charge in [-0.1, -0.05) is 24.3 Å². The van der Waals surface area contributed by atoms with Gasteiger partial charge in [-0.25, -0.2) is 4.79 Å². The molecular formula is C15H17NO4. The van der Waals surface area contributed by atoms with Gasteiger partial charge in [0.25, 0.3) is 0 Å². The van der Waals surface area contributed by atoms with Crippen LogP contribution >= 0.6 is 0 Å². The first kappa shape index (κ1) is 13.0. The third-order valence-corrected chi connectivity index (χ3v) is 4.26. The molecule has 1 aliphatic heterocycles. The average molecular weight is 275 g/mol. The molecule has 1 spiro atoms. The number of benzene rings is 1. The standard InChI is InChI=1S/C15H17NO4/c17-13(18)7-10-1-3-11(4-2-10)12-5-6-15(8-12)9-20-14(19)16-15/h1-4,12H,5-9H2,(H,16,19)(H,17,18)/t12-,15+/m0/s1. The number of carbonyl (C=O) groups excluding carboxylic acids is 1. The second kappa shape index (κ2) is 4.81. The van der Waals surface area contributed by atoms with Crippen LogP contribution in [0.2, 0.25) is 0 Å². The summed E-state index contributed by atoms with van der Waals surface area (Å²) >= 11 is 0. The number of carbonyl (C=O) groups is 2. The number of aliphatic carboxylic acids is 1. The summed E-state index contributed by atoms with van der Waals surface area (Å²) in [5.74, 6) is -0.417. The Morgan fingerprint density at radius 1 is 1.40 bits per heavy atom. The van der Waals surface area contributed by atoms with Gasteiger partial charge in [0.1, 0.15) is 6.61 Å². The Hall–Kier alpha value is -2.04. The fourth-order valence-corrected chi connectivity index (χ4v) is 3.23. The molecule has 1 saturated heterocycles. The lowest BCUT2D eigenvalue weighted by molar-refractivity contribution is -0.136. The fourth-order valence-electron chi connectivity index (χ4n) is 3.23. The highest BCUT2D eigenvalue weighted by atomic mass is 16.6. The van der Waals surface area contributed by atoms with Gasteiger partial charge in [-0.15, -0.1) is 0 Å². The summed E-state index contributed by atoms with van der Waals surface area (Å²) < 4.78 is 5.02. The van der Waals surface area contributed by atoms with Crippen LogP contribution in [-0.2, 0) is 16.0 Å². The smallest absolute Gasteiger partial charge is 0.407 e. The average Bonchev–Trinajstić information content (AvgIpc) is 2.97. The van der Waals surface area contributed by atoms with Crippen molar-refractivity contribution in [2.24, 2.45) is 0 Å². The summed E-state index contributed by atoms with van der Waals surface area (Å²) in [4.78, 5) is 21.9. The minimum atomic E-state index is -0.816. The fraction of sp³-hybridized carbons (Fsp3) is 0.467. The van der Waals surface area contributed by atoms with E-state index in [0.29, 0.717) is 12.5 Å². The number of ether oxygens (including phenoxy) is 1. The molecule has 5 heteroatoms. The van der Waals surface area contributed by atoms with E-state index in [1.54, 1.807) is 0 Å². The molecule has 2 aliphatic rings. The maximum Gasteiger partial charge on any atom is 0.407 e. The summed E-state index contributed by atoms with van der Waals surface area (Å²) in [5, 5.41) is 11.7. The molecule has 1 aliphatic carbocycles. The Morgan fingerprint density at radius 2 is 2.15 bits per heavy atom. The van der Waals surface area contributed by atoms with Crippen molar-refractivity contribution in [3.8, 4) is 0 Å². The van der Waals surface area contributed by atoms with E-state index in [0.717, 1.165) is 24.8 Å². The molecule has 1 saturated carbocycles. The molecule has 0 aromatic heterocycles. The van der Waals surface area contributed by atoms with Crippen molar-refractivity contribution in [1.29, 1.82) is 0 Å². The minimum Gasteiger partial charge on any atom is -0.481 e. The molecule has 1 aromatic carbocycles. The Labute approximate surface area is 116 Å². The van der Waals surface area contributed by atoms with Gasteiger partial charge in [0, 0.05) is 0 Å². The Balaban J connectivity index is 1.68. The van der Waals surface area contributed by atoms with Crippen LogP contribution in [0.5, 0.6) is 0 Å². The molecule has 0 unspecified atom stereocenters. The van der Waals surface area contributed by atoms with Crippen LogP contribution in [0, 0.1) is 0 Å². The number of carboxylic acid groups (broad SMARTS) is 1. The molecule has 2 atom stereocenters. The molecule has 20 heavy (non-hydrogen) atoms. The van der Waals surface area contributed by atoms with Crippen LogP contribution in [0.25, 0.3) is 0 Å². The van der Waals surface area contributed by atoms with Crippen LogP contribution in [0.15, 0.2) is 24.3 Å². The summed E-state index contributed by atoms with van der Waals surface area (Å²) in [6.45, 7) is 0.458. The van der Waals surface area contributed by atoms with Crippen molar-refractivity contribution < 1.29 is 19.4 Å². The zero-order valence-corrected chi connectivity index (χ0v) is 11.1. The van der Waals surface area contributed by atoms with Crippen molar-refractivity contribution in [2.75, 3.05) is 6.61 Å². The number of carboxylic acids is 1. The molecule has 0 bridgehead atoms. The van der Waals surface area contributed by atoms with E-state index in [1.807, 2.05) is 24.3 Å². The summed E-state index contributed by atoms with van der Waals surface area (Å²) in [7, 11) is 0. The predicted octanol–water partition coefficient (Wildman–Crippen LogP) is 2.06. The summed E-state index contributed by atoms with van der Waals surface area (Å²) in [5.41, 5.74) is 1.82. The van der Waals surface area contributed by atoms with Crippen LogP contribution in [0.4, 0.5) is 4.79 Å². The molecule has 2 N–H and O–H groups in total. The number of hydrogen-bond acceptors (Lipinski definition) is 3. The second-order valence-electron chi connectivity index (χ2n) is 5.73. The van der Waals surface area contributed by atoms with Crippen LogP contribution in [0.3, 0.4) is 0 Å². The van der Waals surface area contributed by atoms with Crippen molar-refractivity contribution in [3.63, 3.8) is 0 Å². The molecule has 0 radical (unpaired) electrons. The lowest BCUT2D eigenvalue weighted by atomic mass is 9.92. The van der Waals surface area contributed by atoms with Gasteiger partial charge in [-0.2, -0.15) is 0 Å². The molecule has 2 fully saturated rings. The lowest BCUT2D eigenvalue weighted by Gasteiger charge is -2.20. The van der Waals surface area contributed by atoms with E-state index in [9.17, 15) is 9.59 Å². The summed E-state index contributed by atoms with van der Waals surface area (Å²) in [6.07, 6.45) is 2.57. The van der Waals surface area contributed by atoms with Crippen molar-refractivity contribution in [1.82, 2.24) is 5.32 Å².